The fourth-order valence-corrected chi connectivity index (χ4v) is 9.19. The molecule has 3 aliphatic heterocycles. The molecule has 7 atom stereocenters. The Hall–Kier alpha value is -7.35. The van der Waals surface area contributed by atoms with E-state index in [1.54, 1.807) is 72.8 Å². The predicted octanol–water partition coefficient (Wildman–Crippen LogP) is -1.01. The Bertz CT molecular complexity index is 2330. The van der Waals surface area contributed by atoms with Gasteiger partial charge in [0.15, 0.2) is 5.96 Å². The van der Waals surface area contributed by atoms with Crippen LogP contribution < -0.4 is 43.8 Å². The zero-order chi connectivity index (χ0) is 50.2. The van der Waals surface area contributed by atoms with E-state index in [0.717, 1.165) is 5.56 Å². The van der Waals surface area contributed by atoms with Crippen molar-refractivity contribution in [1.29, 1.82) is 0 Å². The molecule has 6 rings (SSSR count). The second-order valence-electron chi connectivity index (χ2n) is 18.0. The second-order valence-corrected chi connectivity index (χ2v) is 18.0. The average Bonchev–Trinajstić information content (AvgIpc) is 4.06. The minimum Gasteiger partial charge on any atom is -0.370 e. The van der Waals surface area contributed by atoms with E-state index in [1.807, 2.05) is 18.2 Å². The Balaban J connectivity index is 1.38. The lowest BCUT2D eigenvalue weighted by Gasteiger charge is -2.34. The molecule has 3 aromatic carbocycles. The van der Waals surface area contributed by atoms with Gasteiger partial charge in [-0.2, -0.15) is 0 Å². The van der Waals surface area contributed by atoms with Gasteiger partial charge in [-0.1, -0.05) is 91.0 Å². The minimum atomic E-state index is -1.28. The quantitative estimate of drug-likeness (QED) is 0.0619. The topological polar surface area (TPSA) is 297 Å². The summed E-state index contributed by atoms with van der Waals surface area (Å²) >= 11 is 0. The van der Waals surface area contributed by atoms with E-state index in [1.165, 1.54) is 21.6 Å². The molecule has 3 heterocycles. The Morgan fingerprint density at radius 2 is 1.04 bits per heavy atom. The number of nitrogens with zero attached hydrogens (tertiary/aromatic N) is 4. The van der Waals surface area contributed by atoms with Gasteiger partial charge in [0.2, 0.25) is 47.3 Å². The summed E-state index contributed by atoms with van der Waals surface area (Å²) in [7, 11) is 0. The first-order chi connectivity index (χ1) is 33.7. The van der Waals surface area contributed by atoms with E-state index < -0.39 is 96.1 Å². The van der Waals surface area contributed by atoms with Crippen molar-refractivity contribution in [2.24, 2.45) is 22.2 Å². The summed E-state index contributed by atoms with van der Waals surface area (Å²) in [4.78, 5) is 123. The summed E-state index contributed by atoms with van der Waals surface area (Å²) in [6.07, 6.45) is 1.92. The molecule has 3 fully saturated rings. The highest BCUT2D eigenvalue weighted by molar-refractivity contribution is 5.99. The minimum absolute atomic E-state index is 0.00625. The third-order valence-electron chi connectivity index (χ3n) is 12.8. The summed E-state index contributed by atoms with van der Waals surface area (Å²) in [5.41, 5.74) is 19.2. The van der Waals surface area contributed by atoms with Gasteiger partial charge in [0.25, 0.3) is 0 Å². The Morgan fingerprint density at radius 3 is 1.60 bits per heavy atom. The van der Waals surface area contributed by atoms with Gasteiger partial charge >= 0.3 is 0 Å². The number of carbonyl (C=O) groups is 8. The summed E-state index contributed by atoms with van der Waals surface area (Å²) in [5, 5.41) is 14.0. The highest BCUT2D eigenvalue weighted by atomic mass is 16.2. The van der Waals surface area contributed by atoms with Gasteiger partial charge in [-0.3, -0.25) is 43.3 Å². The van der Waals surface area contributed by atoms with E-state index in [4.69, 9.17) is 17.2 Å². The van der Waals surface area contributed by atoms with Gasteiger partial charge in [-0.25, -0.2) is 0 Å². The van der Waals surface area contributed by atoms with Crippen LogP contribution in [0.5, 0.6) is 0 Å². The highest BCUT2D eigenvalue weighted by Crippen LogP contribution is 2.26. The lowest BCUT2D eigenvalue weighted by atomic mass is 10.0. The number of benzene rings is 3. The molecule has 20 heteroatoms. The van der Waals surface area contributed by atoms with E-state index in [2.05, 4.69) is 31.6 Å². The van der Waals surface area contributed by atoms with Crippen LogP contribution in [0.1, 0.15) is 62.1 Å². The largest absolute Gasteiger partial charge is 0.370 e. The van der Waals surface area contributed by atoms with Crippen LogP contribution in [0.3, 0.4) is 0 Å². The summed E-state index contributed by atoms with van der Waals surface area (Å²) in [5.74, 6) is -5.15. The number of fused-ring (bicyclic) bond motifs is 2. The fourth-order valence-electron chi connectivity index (χ4n) is 9.19. The van der Waals surface area contributed by atoms with Crippen LogP contribution in [0.4, 0.5) is 0 Å². The lowest BCUT2D eigenvalue weighted by Crippen LogP contribution is -2.61. The number of guanidine groups is 1. The molecular formula is C50H66N12O8. The van der Waals surface area contributed by atoms with Crippen molar-refractivity contribution in [2.75, 3.05) is 39.3 Å². The van der Waals surface area contributed by atoms with Gasteiger partial charge in [0.1, 0.15) is 42.3 Å². The summed E-state index contributed by atoms with van der Waals surface area (Å²) < 4.78 is 0. The second kappa shape index (κ2) is 25.3. The molecule has 11 N–H and O–H groups in total. The molecule has 0 radical (unpaired) electrons. The lowest BCUT2D eigenvalue weighted by molar-refractivity contribution is -0.148. The Morgan fingerprint density at radius 1 is 0.571 bits per heavy atom. The van der Waals surface area contributed by atoms with Crippen molar-refractivity contribution in [3.8, 4) is 0 Å². The van der Waals surface area contributed by atoms with E-state index in [-0.39, 0.29) is 77.2 Å². The van der Waals surface area contributed by atoms with Crippen molar-refractivity contribution in [1.82, 2.24) is 41.3 Å². The fraction of sp³-hybridized carbons (Fsp3) is 0.460. The van der Waals surface area contributed by atoms with Crippen molar-refractivity contribution in [3.63, 3.8) is 0 Å². The SMILES string of the molecule is C[C@@H]1NC(=O)CN(CCN)C(=O)[C@H](Cc2ccccc2)NC(=O)[C@H](Cc2ccccc2)NC(=O)[C@H](CCCN=C(N)N)NC(=O)[C@@H]2CCCN2C(=O)[C@H]2CCCN2C(=O)[C@H](Cc2ccccc2)NC1=O. The first kappa shape index (κ1) is 52.0. The van der Waals surface area contributed by atoms with Crippen molar-refractivity contribution in [3.05, 3.63) is 108 Å². The molecule has 0 unspecified atom stereocenters. The highest BCUT2D eigenvalue weighted by Gasteiger charge is 2.44. The normalized spacial score (nSPS) is 24.6. The smallest absolute Gasteiger partial charge is 0.246 e. The van der Waals surface area contributed by atoms with E-state index >= 15 is 0 Å². The first-order valence-corrected chi connectivity index (χ1v) is 24.0. The monoisotopic (exact) mass is 963 g/mol. The van der Waals surface area contributed by atoms with Crippen molar-refractivity contribution < 1.29 is 38.4 Å². The third kappa shape index (κ3) is 14.3. The van der Waals surface area contributed by atoms with Crippen LogP contribution in [0.15, 0.2) is 96.0 Å². The van der Waals surface area contributed by atoms with Crippen LogP contribution in [0.25, 0.3) is 0 Å². The number of rotatable bonds is 12. The zero-order valence-corrected chi connectivity index (χ0v) is 39.6. The van der Waals surface area contributed by atoms with E-state index in [9.17, 15) is 38.4 Å². The number of hydrogen-bond acceptors (Lipinski definition) is 10. The molecule has 8 amide bonds. The molecule has 20 nitrogen and oxygen atoms in total. The molecule has 70 heavy (non-hydrogen) atoms. The van der Waals surface area contributed by atoms with Crippen LogP contribution in [-0.2, 0) is 57.6 Å². The summed E-state index contributed by atoms with van der Waals surface area (Å²) in [6.45, 7) is 1.34. The van der Waals surface area contributed by atoms with Gasteiger partial charge in [0.05, 0.1) is 6.54 Å². The molecule has 0 saturated carbocycles. The van der Waals surface area contributed by atoms with Crippen molar-refractivity contribution >= 4 is 53.2 Å². The maximum Gasteiger partial charge on any atom is 0.246 e. The molecule has 374 valence electrons. The third-order valence-corrected chi connectivity index (χ3v) is 12.8. The molecule has 3 saturated heterocycles. The number of hydrogen-bond donors (Lipinski definition) is 8. The average molecular weight is 963 g/mol. The first-order valence-electron chi connectivity index (χ1n) is 24.0. The molecule has 0 aliphatic carbocycles. The van der Waals surface area contributed by atoms with Crippen LogP contribution >= 0.6 is 0 Å². The van der Waals surface area contributed by atoms with Gasteiger partial charge in [-0.15, -0.1) is 0 Å². The Labute approximate surface area is 407 Å². The van der Waals surface area contributed by atoms with Crippen LogP contribution in [0, 0.1) is 0 Å². The molecule has 0 aromatic heterocycles. The summed E-state index contributed by atoms with van der Waals surface area (Å²) in [6, 6.07) is 18.9. The zero-order valence-electron chi connectivity index (χ0n) is 39.6. The number of nitrogens with two attached hydrogens (primary N) is 3. The standard InChI is InChI=1S/C50H66N12O8/c1-32-43(64)58-39(30-35-18-9-4-10-19-35)48(69)62-26-13-22-41(62)49(70)61-25-12-21-40(61)46(67)56-36(20-11-24-54-50(52)53)44(65)57-37(28-33-14-5-2-6-15-33)45(66)59-38(29-34-16-7-3-8-17-34)47(68)60(27-23-51)31-42(63)55-32/h2-10,14-19,32,36-41H,11-13,20-31,51H2,1H3,(H,55,63)(H,56,67)(H,57,65)(H,58,64)(H,59,66)(H4,52,53,54)/t32-,36-,37-,38-,39-,40-,41+/m0/s1. The Kier molecular flexibility index (Phi) is 18.8. The molecule has 0 spiro atoms. The number of carbonyl (C=O) groups excluding carboxylic acids is 8. The van der Waals surface area contributed by atoms with Gasteiger partial charge in [0, 0.05) is 52.0 Å². The van der Waals surface area contributed by atoms with Crippen LogP contribution in [-0.4, -0.2) is 149 Å². The molecule has 3 aromatic rings. The van der Waals surface area contributed by atoms with Crippen molar-refractivity contribution in [2.45, 2.75) is 107 Å². The maximum absolute atomic E-state index is 14.6. The molecular weight excluding hydrogens is 897 g/mol. The number of amides is 8. The predicted molar refractivity (Wildman–Crippen MR) is 261 cm³/mol. The van der Waals surface area contributed by atoms with Gasteiger partial charge < -0.3 is 58.5 Å². The van der Waals surface area contributed by atoms with E-state index in [0.29, 0.717) is 30.4 Å². The molecule has 0 bridgehead atoms. The molecule has 3 aliphatic rings. The van der Waals surface area contributed by atoms with Crippen LogP contribution in [0.2, 0.25) is 0 Å². The maximum atomic E-state index is 14.6. The number of nitrogens with one attached hydrogen (secondary N) is 5. The number of aliphatic imine (C=N–C) groups is 1. The van der Waals surface area contributed by atoms with Gasteiger partial charge in [-0.05, 0) is 62.1 Å².